The fraction of sp³-hybridized carbons (Fsp3) is 0.125. The summed E-state index contributed by atoms with van der Waals surface area (Å²) >= 11 is 0. The molecule has 0 radical (unpaired) electrons. The number of nitrogens with zero attached hydrogens (tertiary/aromatic N) is 1. The second kappa shape index (κ2) is 7.17. The molecule has 4 nitrogen and oxygen atoms in total. The van der Waals surface area contributed by atoms with E-state index < -0.39 is 11.7 Å². The highest BCUT2D eigenvalue weighted by atomic mass is 19.1. The van der Waals surface area contributed by atoms with Crippen LogP contribution in [0.2, 0.25) is 0 Å². The summed E-state index contributed by atoms with van der Waals surface area (Å²) in [5.41, 5.74) is 0.935. The molecular weight excluding hydrogens is 271 g/mol. The Morgan fingerprint density at radius 3 is 2.90 bits per heavy atom. The van der Waals surface area contributed by atoms with Gasteiger partial charge >= 0.3 is 0 Å². The molecule has 0 bridgehead atoms. The Hall–Kier alpha value is -2.71. The van der Waals surface area contributed by atoms with Crippen LogP contribution in [0, 0.1) is 17.7 Å². The largest absolute Gasteiger partial charge is 0.395 e. The van der Waals surface area contributed by atoms with Gasteiger partial charge in [-0.25, -0.2) is 4.39 Å². The van der Waals surface area contributed by atoms with Crippen LogP contribution in [0.1, 0.15) is 22.3 Å². The molecule has 106 valence electrons. The molecule has 0 atom stereocenters. The van der Waals surface area contributed by atoms with Crippen LogP contribution in [0.5, 0.6) is 0 Å². The van der Waals surface area contributed by atoms with Crippen LogP contribution < -0.4 is 5.32 Å². The van der Waals surface area contributed by atoms with Crippen LogP contribution >= 0.6 is 0 Å². The van der Waals surface area contributed by atoms with Crippen molar-refractivity contribution in [2.75, 3.05) is 11.9 Å². The first-order chi connectivity index (χ1) is 10.2. The topological polar surface area (TPSA) is 62.2 Å². The van der Waals surface area contributed by atoms with Crippen molar-refractivity contribution in [1.82, 2.24) is 4.98 Å². The molecule has 5 heteroatoms. The highest BCUT2D eigenvalue weighted by molar-refractivity contribution is 6.06. The van der Waals surface area contributed by atoms with Crippen LogP contribution in [0.25, 0.3) is 0 Å². The number of halogens is 1. The number of pyridine rings is 1. The van der Waals surface area contributed by atoms with Gasteiger partial charge in [0.05, 0.1) is 24.1 Å². The second-order valence-corrected chi connectivity index (χ2v) is 4.13. The minimum Gasteiger partial charge on any atom is -0.395 e. The molecule has 1 aromatic heterocycles. The number of rotatable bonds is 3. The molecule has 0 aliphatic carbocycles. The van der Waals surface area contributed by atoms with E-state index in [4.69, 9.17) is 5.11 Å². The zero-order valence-electron chi connectivity index (χ0n) is 11.1. The Kier molecular flexibility index (Phi) is 5.02. The molecular formula is C16H13FN2O2. The van der Waals surface area contributed by atoms with Gasteiger partial charge in [-0.3, -0.25) is 9.78 Å². The SMILES string of the molecule is O=C(Nc1ccncc1F)c1ccccc1C#CCCO. The van der Waals surface area contributed by atoms with E-state index in [9.17, 15) is 9.18 Å². The van der Waals surface area contributed by atoms with Crippen molar-refractivity contribution >= 4 is 11.6 Å². The maximum atomic E-state index is 13.5. The first kappa shape index (κ1) is 14.7. The van der Waals surface area contributed by atoms with Gasteiger partial charge in [0.1, 0.15) is 0 Å². The fourth-order valence-electron chi connectivity index (χ4n) is 1.67. The van der Waals surface area contributed by atoms with Gasteiger partial charge in [-0.05, 0) is 18.2 Å². The molecule has 2 rings (SSSR count). The van der Waals surface area contributed by atoms with Crippen molar-refractivity contribution < 1.29 is 14.3 Å². The van der Waals surface area contributed by atoms with Crippen LogP contribution in [0.15, 0.2) is 42.7 Å². The molecule has 1 amide bonds. The van der Waals surface area contributed by atoms with Gasteiger partial charge in [0.15, 0.2) is 5.82 Å². The Bertz CT molecular complexity index is 705. The second-order valence-electron chi connectivity index (χ2n) is 4.13. The van der Waals surface area contributed by atoms with Crippen molar-refractivity contribution in [3.63, 3.8) is 0 Å². The molecule has 2 N–H and O–H groups in total. The Morgan fingerprint density at radius 2 is 2.14 bits per heavy atom. The quantitative estimate of drug-likeness (QED) is 0.849. The smallest absolute Gasteiger partial charge is 0.257 e. The fourth-order valence-corrected chi connectivity index (χ4v) is 1.67. The molecule has 0 unspecified atom stereocenters. The molecule has 21 heavy (non-hydrogen) atoms. The van der Waals surface area contributed by atoms with Crippen molar-refractivity contribution in [3.8, 4) is 11.8 Å². The lowest BCUT2D eigenvalue weighted by atomic mass is 10.1. The summed E-state index contributed by atoms with van der Waals surface area (Å²) in [6.07, 6.45) is 2.75. The highest BCUT2D eigenvalue weighted by Crippen LogP contribution is 2.14. The number of anilines is 1. The van der Waals surface area contributed by atoms with Gasteiger partial charge in [-0.2, -0.15) is 0 Å². The number of amides is 1. The number of aromatic nitrogens is 1. The normalized spacial score (nSPS) is 9.62. The molecule has 0 saturated carbocycles. The van der Waals surface area contributed by atoms with Crippen molar-refractivity contribution in [2.24, 2.45) is 0 Å². The van der Waals surface area contributed by atoms with E-state index in [1.165, 1.54) is 12.3 Å². The van der Waals surface area contributed by atoms with E-state index in [-0.39, 0.29) is 12.3 Å². The summed E-state index contributed by atoms with van der Waals surface area (Å²) in [6, 6.07) is 8.15. The van der Waals surface area contributed by atoms with Crippen LogP contribution in [-0.2, 0) is 0 Å². The summed E-state index contributed by atoms with van der Waals surface area (Å²) in [5, 5.41) is 11.2. The Labute approximate surface area is 121 Å². The van der Waals surface area contributed by atoms with Crippen LogP contribution in [0.3, 0.4) is 0 Å². The van der Waals surface area contributed by atoms with E-state index >= 15 is 0 Å². The molecule has 2 aromatic rings. The van der Waals surface area contributed by atoms with E-state index in [0.717, 1.165) is 6.20 Å². The maximum absolute atomic E-state index is 13.5. The number of hydrogen-bond donors (Lipinski definition) is 2. The minimum atomic E-state index is -0.602. The first-order valence-electron chi connectivity index (χ1n) is 6.32. The summed E-state index contributed by atoms with van der Waals surface area (Å²) in [4.78, 5) is 15.8. The van der Waals surface area contributed by atoms with E-state index in [1.54, 1.807) is 24.3 Å². The van der Waals surface area contributed by atoms with Crippen molar-refractivity contribution in [3.05, 3.63) is 59.7 Å². The van der Waals surface area contributed by atoms with Crippen molar-refractivity contribution in [1.29, 1.82) is 0 Å². The van der Waals surface area contributed by atoms with Gasteiger partial charge in [0, 0.05) is 18.2 Å². The molecule has 1 aromatic carbocycles. The first-order valence-corrected chi connectivity index (χ1v) is 6.32. The third-order valence-electron chi connectivity index (χ3n) is 2.65. The predicted molar refractivity (Wildman–Crippen MR) is 77.2 cm³/mol. The summed E-state index contributed by atoms with van der Waals surface area (Å²) in [6.45, 7) is -0.0381. The van der Waals surface area contributed by atoms with Gasteiger partial charge < -0.3 is 10.4 Å². The van der Waals surface area contributed by atoms with E-state index in [0.29, 0.717) is 17.5 Å². The molecule has 0 saturated heterocycles. The highest BCUT2D eigenvalue weighted by Gasteiger charge is 2.11. The van der Waals surface area contributed by atoms with Crippen molar-refractivity contribution in [2.45, 2.75) is 6.42 Å². The average Bonchev–Trinajstić information content (AvgIpc) is 2.50. The third-order valence-corrected chi connectivity index (χ3v) is 2.65. The lowest BCUT2D eigenvalue weighted by molar-refractivity contribution is 0.102. The zero-order chi connectivity index (χ0) is 15.1. The average molecular weight is 284 g/mol. The number of aliphatic hydroxyl groups excluding tert-OH is 1. The molecule has 0 aliphatic heterocycles. The molecule has 0 spiro atoms. The number of benzene rings is 1. The van der Waals surface area contributed by atoms with E-state index in [2.05, 4.69) is 22.1 Å². The monoisotopic (exact) mass is 284 g/mol. The molecule has 1 heterocycles. The summed E-state index contributed by atoms with van der Waals surface area (Å²) in [5.74, 6) is 4.52. The summed E-state index contributed by atoms with van der Waals surface area (Å²) in [7, 11) is 0. The predicted octanol–water partition coefficient (Wildman–Crippen LogP) is 2.21. The number of nitrogens with one attached hydrogen (secondary N) is 1. The van der Waals surface area contributed by atoms with Crippen LogP contribution in [0.4, 0.5) is 10.1 Å². The number of aliphatic hydroxyl groups is 1. The lowest BCUT2D eigenvalue weighted by Gasteiger charge is -2.07. The molecule has 0 fully saturated rings. The van der Waals surface area contributed by atoms with Gasteiger partial charge in [-0.1, -0.05) is 24.0 Å². The lowest BCUT2D eigenvalue weighted by Crippen LogP contribution is -2.14. The Morgan fingerprint density at radius 1 is 1.33 bits per heavy atom. The molecule has 0 aliphatic rings. The van der Waals surface area contributed by atoms with Gasteiger partial charge in [-0.15, -0.1) is 0 Å². The van der Waals surface area contributed by atoms with E-state index in [1.807, 2.05) is 0 Å². The van der Waals surface area contributed by atoms with Crippen LogP contribution in [-0.4, -0.2) is 22.6 Å². The standard InChI is InChI=1S/C16H13FN2O2/c17-14-11-18-9-8-15(14)19-16(21)13-7-2-1-5-12(13)6-3-4-10-20/h1-2,5,7-9,11,20H,4,10H2,(H,18,19,21). The minimum absolute atomic E-state index is 0.0381. The maximum Gasteiger partial charge on any atom is 0.257 e. The third kappa shape index (κ3) is 3.88. The van der Waals surface area contributed by atoms with Gasteiger partial charge in [0.25, 0.3) is 5.91 Å². The Balaban J connectivity index is 2.24. The number of hydrogen-bond acceptors (Lipinski definition) is 3. The number of carbonyl (C=O) groups is 1. The summed E-state index contributed by atoms with van der Waals surface area (Å²) < 4.78 is 13.5. The van der Waals surface area contributed by atoms with Gasteiger partial charge in [0.2, 0.25) is 0 Å². The zero-order valence-corrected chi connectivity index (χ0v) is 11.1. The number of carbonyl (C=O) groups excluding carboxylic acids is 1.